The highest BCUT2D eigenvalue weighted by atomic mass is 16.5. The number of aromatic nitrogens is 2. The number of nitrogens with zero attached hydrogens (tertiary/aromatic N) is 1. The molecule has 84 valence electrons. The molecule has 1 aliphatic carbocycles. The van der Waals surface area contributed by atoms with Crippen LogP contribution in [0.5, 0.6) is 0 Å². The normalized spacial score (nSPS) is 28.1. The van der Waals surface area contributed by atoms with Gasteiger partial charge in [0.25, 0.3) is 0 Å². The minimum Gasteiger partial charge on any atom is -0.330 e. The summed E-state index contributed by atoms with van der Waals surface area (Å²) in [6.45, 7) is 2.76. The molecule has 0 bridgehead atoms. The average molecular weight is 211 g/mol. The molecule has 1 saturated carbocycles. The lowest BCUT2D eigenvalue weighted by molar-refractivity contribution is 0.357. The largest absolute Gasteiger partial charge is 0.438 e. The molecule has 3 atom stereocenters. The van der Waals surface area contributed by atoms with Crippen molar-refractivity contribution in [3.63, 3.8) is 0 Å². The molecule has 5 heteroatoms. The second-order valence-electron chi connectivity index (χ2n) is 4.50. The molecule has 1 heterocycles. The Hall–Kier alpha value is -1.10. The number of hydrogen-bond donors (Lipinski definition) is 2. The predicted molar refractivity (Wildman–Crippen MR) is 55.4 cm³/mol. The van der Waals surface area contributed by atoms with Crippen molar-refractivity contribution in [3.8, 4) is 0 Å². The number of nitrogens with two attached hydrogens (primary N) is 1. The maximum absolute atomic E-state index is 10.9. The lowest BCUT2D eigenvalue weighted by Crippen LogP contribution is -2.21. The zero-order valence-corrected chi connectivity index (χ0v) is 8.90. The smallest absolute Gasteiger partial charge is 0.330 e. The van der Waals surface area contributed by atoms with Crippen LogP contribution >= 0.6 is 0 Å². The summed E-state index contributed by atoms with van der Waals surface area (Å²) in [6.07, 6.45) is 3.57. The third kappa shape index (κ3) is 2.12. The highest BCUT2D eigenvalue weighted by Gasteiger charge is 2.31. The molecule has 1 aromatic rings. The maximum Gasteiger partial charge on any atom is 0.438 e. The molecule has 1 aliphatic rings. The minimum absolute atomic E-state index is 0.140. The topological polar surface area (TPSA) is 84.9 Å². The van der Waals surface area contributed by atoms with Crippen LogP contribution in [0.2, 0.25) is 0 Å². The molecule has 2 rings (SSSR count). The first-order chi connectivity index (χ1) is 7.20. The van der Waals surface area contributed by atoms with E-state index in [-0.39, 0.29) is 5.92 Å². The maximum atomic E-state index is 10.9. The third-order valence-electron chi connectivity index (χ3n) is 3.37. The van der Waals surface area contributed by atoms with E-state index in [1.54, 1.807) is 0 Å². The van der Waals surface area contributed by atoms with E-state index < -0.39 is 5.76 Å². The first-order valence-electron chi connectivity index (χ1n) is 5.46. The molecular weight excluding hydrogens is 194 g/mol. The Labute approximate surface area is 88.0 Å². The summed E-state index contributed by atoms with van der Waals surface area (Å²) in [6, 6.07) is 0. The fraction of sp³-hybridized carbons (Fsp3) is 0.800. The van der Waals surface area contributed by atoms with Gasteiger partial charge >= 0.3 is 5.76 Å². The number of aromatic amines is 1. The van der Waals surface area contributed by atoms with Crippen LogP contribution in [0, 0.1) is 11.8 Å². The molecule has 1 fully saturated rings. The highest BCUT2D eigenvalue weighted by molar-refractivity contribution is 4.98. The lowest BCUT2D eigenvalue weighted by atomic mass is 9.89. The van der Waals surface area contributed by atoms with Crippen molar-refractivity contribution in [1.29, 1.82) is 0 Å². The molecule has 0 radical (unpaired) electrons. The summed E-state index contributed by atoms with van der Waals surface area (Å²) in [5.41, 5.74) is 5.74. The third-order valence-corrected chi connectivity index (χ3v) is 3.37. The van der Waals surface area contributed by atoms with Crippen molar-refractivity contribution in [2.75, 3.05) is 6.54 Å². The van der Waals surface area contributed by atoms with E-state index >= 15 is 0 Å². The molecule has 0 unspecified atom stereocenters. The first kappa shape index (κ1) is 10.4. The molecule has 1 aromatic heterocycles. The molecule has 0 saturated heterocycles. The Bertz CT molecular complexity index is 371. The second kappa shape index (κ2) is 4.18. The zero-order valence-electron chi connectivity index (χ0n) is 8.90. The summed E-state index contributed by atoms with van der Waals surface area (Å²) in [4.78, 5) is 13.5. The van der Waals surface area contributed by atoms with Crippen molar-refractivity contribution < 1.29 is 4.52 Å². The van der Waals surface area contributed by atoms with Gasteiger partial charge in [-0.15, -0.1) is 0 Å². The van der Waals surface area contributed by atoms with Gasteiger partial charge in [-0.2, -0.15) is 0 Å². The van der Waals surface area contributed by atoms with Crippen LogP contribution in [0.25, 0.3) is 0 Å². The van der Waals surface area contributed by atoms with E-state index in [0.29, 0.717) is 18.3 Å². The van der Waals surface area contributed by atoms with E-state index in [1.165, 1.54) is 6.42 Å². The van der Waals surface area contributed by atoms with Crippen LogP contribution in [0.15, 0.2) is 9.32 Å². The molecule has 0 spiro atoms. The molecule has 15 heavy (non-hydrogen) atoms. The number of hydrogen-bond acceptors (Lipinski definition) is 4. The molecule has 5 nitrogen and oxygen atoms in total. The predicted octanol–water partition coefficient (Wildman–Crippen LogP) is 0.841. The Balaban J connectivity index is 2.13. The van der Waals surface area contributed by atoms with Gasteiger partial charge in [0.1, 0.15) is 0 Å². The Morgan fingerprint density at radius 1 is 1.67 bits per heavy atom. The van der Waals surface area contributed by atoms with E-state index in [4.69, 9.17) is 5.73 Å². The second-order valence-corrected chi connectivity index (χ2v) is 4.50. The standard InChI is InChI=1S/C10H17N3O2/c1-6-2-3-7(4-6)8(5-11)9-12-10(14)15-13-9/h6-8H,2-5,11H2,1H3,(H,12,13,14)/t6-,7+,8+/m0/s1. The van der Waals surface area contributed by atoms with Gasteiger partial charge in [-0.25, -0.2) is 4.79 Å². The van der Waals surface area contributed by atoms with Crippen molar-refractivity contribution >= 4 is 0 Å². The van der Waals surface area contributed by atoms with Gasteiger partial charge in [0, 0.05) is 12.5 Å². The van der Waals surface area contributed by atoms with Crippen molar-refractivity contribution in [3.05, 3.63) is 16.4 Å². The molecular formula is C10H17N3O2. The van der Waals surface area contributed by atoms with Crippen LogP contribution < -0.4 is 11.5 Å². The summed E-state index contributed by atoms with van der Waals surface area (Å²) >= 11 is 0. The number of H-pyrrole nitrogens is 1. The summed E-state index contributed by atoms with van der Waals surface area (Å²) in [7, 11) is 0. The number of nitrogens with one attached hydrogen (secondary N) is 1. The Kier molecular flexibility index (Phi) is 2.90. The van der Waals surface area contributed by atoms with Crippen LogP contribution in [0.3, 0.4) is 0 Å². The summed E-state index contributed by atoms with van der Waals surface area (Å²) in [5, 5.41) is 3.73. The average Bonchev–Trinajstić information content (AvgIpc) is 2.78. The molecule has 0 aliphatic heterocycles. The Morgan fingerprint density at radius 2 is 2.47 bits per heavy atom. The van der Waals surface area contributed by atoms with E-state index in [0.717, 1.165) is 18.8 Å². The van der Waals surface area contributed by atoms with Crippen LogP contribution in [0.1, 0.15) is 37.9 Å². The van der Waals surface area contributed by atoms with Gasteiger partial charge in [-0.1, -0.05) is 18.5 Å². The number of rotatable bonds is 3. The summed E-state index contributed by atoms with van der Waals surface area (Å²) < 4.78 is 4.52. The summed E-state index contributed by atoms with van der Waals surface area (Å²) in [5.74, 6) is 1.55. The molecule has 3 N–H and O–H groups in total. The van der Waals surface area contributed by atoms with Crippen molar-refractivity contribution in [2.45, 2.75) is 32.1 Å². The van der Waals surface area contributed by atoms with E-state index in [1.807, 2.05) is 0 Å². The quantitative estimate of drug-likeness (QED) is 0.775. The van der Waals surface area contributed by atoms with Crippen molar-refractivity contribution in [2.24, 2.45) is 17.6 Å². The SMILES string of the molecule is C[C@H]1CC[C@@H]([C@@H](CN)c2noc(=O)[nH]2)C1. The zero-order chi connectivity index (χ0) is 10.8. The lowest BCUT2D eigenvalue weighted by Gasteiger charge is -2.18. The fourth-order valence-electron chi connectivity index (χ4n) is 2.55. The van der Waals surface area contributed by atoms with Crippen molar-refractivity contribution in [1.82, 2.24) is 10.1 Å². The van der Waals surface area contributed by atoms with Gasteiger partial charge in [-0.3, -0.25) is 9.51 Å². The minimum atomic E-state index is -0.491. The molecule has 0 amide bonds. The Morgan fingerprint density at radius 3 is 2.93 bits per heavy atom. The van der Waals surface area contributed by atoms with E-state index in [2.05, 4.69) is 21.6 Å². The fourth-order valence-corrected chi connectivity index (χ4v) is 2.55. The van der Waals surface area contributed by atoms with Crippen LogP contribution in [0.4, 0.5) is 0 Å². The van der Waals surface area contributed by atoms with Gasteiger partial charge in [0.05, 0.1) is 0 Å². The van der Waals surface area contributed by atoms with Gasteiger partial charge in [-0.05, 0) is 24.7 Å². The van der Waals surface area contributed by atoms with E-state index in [9.17, 15) is 4.79 Å². The van der Waals surface area contributed by atoms with Crippen LogP contribution in [-0.2, 0) is 0 Å². The van der Waals surface area contributed by atoms with Crippen LogP contribution in [-0.4, -0.2) is 16.7 Å². The monoisotopic (exact) mass is 211 g/mol. The first-order valence-corrected chi connectivity index (χ1v) is 5.46. The molecule has 0 aromatic carbocycles. The highest BCUT2D eigenvalue weighted by Crippen LogP contribution is 2.38. The van der Waals surface area contributed by atoms with Gasteiger partial charge in [0.2, 0.25) is 0 Å². The van der Waals surface area contributed by atoms with Gasteiger partial charge < -0.3 is 5.73 Å². The van der Waals surface area contributed by atoms with Gasteiger partial charge in [0.15, 0.2) is 5.82 Å².